The number of hydrogen-bond donors (Lipinski definition) is 1. The van der Waals surface area contributed by atoms with Crippen LogP contribution in [0.1, 0.15) is 79.4 Å². The zero-order valence-electron chi connectivity index (χ0n) is 21.6. The average molecular weight is 484 g/mol. The highest BCUT2D eigenvalue weighted by Crippen LogP contribution is 2.35. The average Bonchev–Trinajstić information content (AvgIpc) is 2.89. The van der Waals surface area contributed by atoms with Crippen molar-refractivity contribution in [3.63, 3.8) is 0 Å². The van der Waals surface area contributed by atoms with Crippen molar-refractivity contribution in [2.45, 2.75) is 76.4 Å². The van der Waals surface area contributed by atoms with Gasteiger partial charge in [0.15, 0.2) is 0 Å². The molecule has 0 saturated heterocycles. The summed E-state index contributed by atoms with van der Waals surface area (Å²) in [5.74, 6) is -0.459. The van der Waals surface area contributed by atoms with Crippen LogP contribution in [0.4, 0.5) is 0 Å². The zero-order chi connectivity index (χ0) is 25.5. The molecule has 0 radical (unpaired) electrons. The molecule has 0 spiro atoms. The Balaban J connectivity index is 1.53. The number of carbonyl (C=O) groups excluding carboxylic acids is 2. The topological polar surface area (TPSA) is 55.4 Å². The third-order valence-corrected chi connectivity index (χ3v) is 7.08. The maximum absolute atomic E-state index is 13.5. The minimum absolute atomic E-state index is 0.0474. The summed E-state index contributed by atoms with van der Waals surface area (Å²) in [7, 11) is 0. The summed E-state index contributed by atoms with van der Waals surface area (Å²) in [6, 6.07) is 26.8. The van der Waals surface area contributed by atoms with E-state index < -0.39 is 6.04 Å². The monoisotopic (exact) mass is 483 g/mol. The van der Waals surface area contributed by atoms with E-state index in [-0.39, 0.29) is 29.3 Å². The Bertz CT molecular complexity index is 1130. The molecule has 0 aliphatic heterocycles. The van der Waals surface area contributed by atoms with E-state index in [2.05, 4.69) is 50.4 Å². The molecule has 1 N–H and O–H groups in total. The van der Waals surface area contributed by atoms with E-state index >= 15 is 0 Å². The molecule has 0 aromatic heterocycles. The minimum Gasteiger partial charge on any atom is -0.460 e. The number of hydrogen-bond acceptors (Lipinski definition) is 3. The van der Waals surface area contributed by atoms with Crippen LogP contribution in [0.15, 0.2) is 84.9 Å². The molecule has 4 rings (SSSR count). The second-order valence-corrected chi connectivity index (χ2v) is 10.8. The van der Waals surface area contributed by atoms with E-state index in [1.807, 2.05) is 48.5 Å². The molecular formula is C32H37NO3. The van der Waals surface area contributed by atoms with Crippen LogP contribution in [0.2, 0.25) is 0 Å². The van der Waals surface area contributed by atoms with Crippen LogP contribution in [0.25, 0.3) is 0 Å². The van der Waals surface area contributed by atoms with Gasteiger partial charge in [0.2, 0.25) is 0 Å². The number of carbonyl (C=O) groups is 2. The lowest BCUT2D eigenvalue weighted by atomic mass is 9.81. The van der Waals surface area contributed by atoms with Gasteiger partial charge in [-0.1, -0.05) is 100.0 Å². The fourth-order valence-corrected chi connectivity index (χ4v) is 4.95. The number of amides is 1. The molecule has 1 unspecified atom stereocenters. The molecule has 4 nitrogen and oxygen atoms in total. The molecule has 4 heteroatoms. The van der Waals surface area contributed by atoms with Gasteiger partial charge in [0.1, 0.15) is 12.1 Å². The first kappa shape index (κ1) is 25.7. The maximum Gasteiger partial charge on any atom is 0.329 e. The van der Waals surface area contributed by atoms with E-state index in [1.54, 1.807) is 12.1 Å². The van der Waals surface area contributed by atoms with Crippen LogP contribution in [-0.2, 0) is 21.4 Å². The molecule has 1 fully saturated rings. The smallest absolute Gasteiger partial charge is 0.329 e. The predicted octanol–water partition coefficient (Wildman–Crippen LogP) is 6.59. The lowest BCUT2D eigenvalue weighted by Crippen LogP contribution is -2.45. The lowest BCUT2D eigenvalue weighted by Gasteiger charge is -2.32. The van der Waals surface area contributed by atoms with Gasteiger partial charge >= 0.3 is 5.97 Å². The first-order valence-corrected chi connectivity index (χ1v) is 13.0. The molecule has 0 bridgehead atoms. The number of rotatable bonds is 7. The first-order chi connectivity index (χ1) is 17.3. The lowest BCUT2D eigenvalue weighted by molar-refractivity contribution is -0.154. The SMILES string of the molecule is CC(C)(C)c1ccc(CC(NC(=O)c2ccccc2)C(=O)O[C@H]2CCCC[C@@H]2c2ccccc2)cc1. The van der Waals surface area contributed by atoms with E-state index in [0.29, 0.717) is 12.0 Å². The largest absolute Gasteiger partial charge is 0.460 e. The summed E-state index contributed by atoms with van der Waals surface area (Å²) in [5, 5.41) is 2.96. The third kappa shape index (κ3) is 6.63. The van der Waals surface area contributed by atoms with Gasteiger partial charge in [0, 0.05) is 17.9 Å². The van der Waals surface area contributed by atoms with Crippen molar-refractivity contribution in [3.05, 3.63) is 107 Å². The molecule has 3 aromatic rings. The van der Waals surface area contributed by atoms with Gasteiger partial charge in [-0.05, 0) is 53.5 Å². The van der Waals surface area contributed by atoms with Crippen LogP contribution in [0.3, 0.4) is 0 Å². The van der Waals surface area contributed by atoms with Gasteiger partial charge in [-0.15, -0.1) is 0 Å². The summed E-state index contributed by atoms with van der Waals surface area (Å²) in [4.78, 5) is 26.5. The van der Waals surface area contributed by atoms with Crippen LogP contribution in [-0.4, -0.2) is 24.0 Å². The highest BCUT2D eigenvalue weighted by atomic mass is 16.5. The van der Waals surface area contributed by atoms with Crippen molar-refractivity contribution in [1.29, 1.82) is 0 Å². The molecule has 1 saturated carbocycles. The quantitative estimate of drug-likeness (QED) is 0.386. The van der Waals surface area contributed by atoms with E-state index in [9.17, 15) is 9.59 Å². The number of benzene rings is 3. The van der Waals surface area contributed by atoms with Gasteiger partial charge < -0.3 is 10.1 Å². The summed E-state index contributed by atoms with van der Waals surface area (Å²) < 4.78 is 6.15. The summed E-state index contributed by atoms with van der Waals surface area (Å²) in [5.41, 5.74) is 4.00. The van der Waals surface area contributed by atoms with Crippen molar-refractivity contribution >= 4 is 11.9 Å². The summed E-state index contributed by atoms with van der Waals surface area (Å²) >= 11 is 0. The summed E-state index contributed by atoms with van der Waals surface area (Å²) in [6.45, 7) is 6.53. The Kier molecular flexibility index (Phi) is 8.25. The highest BCUT2D eigenvalue weighted by Gasteiger charge is 2.32. The Labute approximate surface area is 215 Å². The van der Waals surface area contributed by atoms with Gasteiger partial charge in [-0.3, -0.25) is 4.79 Å². The van der Waals surface area contributed by atoms with Crippen molar-refractivity contribution in [2.75, 3.05) is 0 Å². The van der Waals surface area contributed by atoms with Crippen molar-refractivity contribution in [1.82, 2.24) is 5.32 Å². The van der Waals surface area contributed by atoms with Crippen molar-refractivity contribution in [3.8, 4) is 0 Å². The first-order valence-electron chi connectivity index (χ1n) is 13.0. The van der Waals surface area contributed by atoms with E-state index in [4.69, 9.17) is 4.74 Å². The van der Waals surface area contributed by atoms with Gasteiger partial charge in [-0.25, -0.2) is 4.79 Å². The molecular weight excluding hydrogens is 446 g/mol. The van der Waals surface area contributed by atoms with Crippen LogP contribution in [0.5, 0.6) is 0 Å². The highest BCUT2D eigenvalue weighted by molar-refractivity contribution is 5.96. The number of ether oxygens (including phenoxy) is 1. The van der Waals surface area contributed by atoms with Gasteiger partial charge in [-0.2, -0.15) is 0 Å². The van der Waals surface area contributed by atoms with Crippen LogP contribution >= 0.6 is 0 Å². The van der Waals surface area contributed by atoms with Gasteiger partial charge in [0.25, 0.3) is 5.91 Å². The standard InChI is InChI=1S/C32H37NO3/c1-32(2,3)26-20-18-23(19-21-26)22-28(33-30(34)25-14-8-5-9-15-25)31(35)36-29-17-11-10-16-27(29)24-12-6-4-7-13-24/h4-9,12-15,18-21,27-29H,10-11,16-17,22H2,1-3H3,(H,33,34)/t27-,28?,29+/m1/s1. The van der Waals surface area contributed by atoms with Crippen LogP contribution in [0, 0.1) is 0 Å². The molecule has 0 heterocycles. The second kappa shape index (κ2) is 11.6. The fourth-order valence-electron chi connectivity index (χ4n) is 4.95. The normalized spacial score (nSPS) is 18.8. The Morgan fingerprint density at radius 1 is 0.861 bits per heavy atom. The molecule has 3 atom stereocenters. The molecule has 1 aliphatic carbocycles. The van der Waals surface area contributed by atoms with E-state index in [0.717, 1.165) is 31.2 Å². The van der Waals surface area contributed by atoms with Crippen LogP contribution < -0.4 is 5.32 Å². The Morgan fingerprint density at radius 3 is 2.11 bits per heavy atom. The number of esters is 1. The Morgan fingerprint density at radius 2 is 1.47 bits per heavy atom. The van der Waals surface area contributed by atoms with E-state index in [1.165, 1.54) is 11.1 Å². The molecule has 188 valence electrons. The van der Waals surface area contributed by atoms with Gasteiger partial charge in [0.05, 0.1) is 0 Å². The minimum atomic E-state index is -0.767. The van der Waals surface area contributed by atoms with Crippen molar-refractivity contribution < 1.29 is 14.3 Å². The number of nitrogens with one attached hydrogen (secondary N) is 1. The summed E-state index contributed by atoms with van der Waals surface area (Å²) in [6.07, 6.45) is 4.19. The molecule has 1 amide bonds. The molecule has 36 heavy (non-hydrogen) atoms. The van der Waals surface area contributed by atoms with Crippen molar-refractivity contribution in [2.24, 2.45) is 0 Å². The second-order valence-electron chi connectivity index (χ2n) is 10.8. The molecule has 1 aliphatic rings. The molecule has 3 aromatic carbocycles. The predicted molar refractivity (Wildman–Crippen MR) is 144 cm³/mol. The maximum atomic E-state index is 13.5. The fraction of sp³-hybridized carbons (Fsp3) is 0.375. The third-order valence-electron chi connectivity index (χ3n) is 7.08. The zero-order valence-corrected chi connectivity index (χ0v) is 21.6. The Hall–Kier alpha value is -3.40.